The van der Waals surface area contributed by atoms with Gasteiger partial charge in [-0.15, -0.1) is 0 Å². The van der Waals surface area contributed by atoms with Crippen LogP contribution >= 0.6 is 0 Å². The number of aromatic nitrogens is 2. The molecule has 11 heteroatoms. The third kappa shape index (κ3) is 5.04. The fourth-order valence-corrected chi connectivity index (χ4v) is 5.40. The van der Waals surface area contributed by atoms with Crippen LogP contribution in [0.5, 0.6) is 0 Å². The molecule has 1 aromatic carbocycles. The molecule has 1 aromatic heterocycles. The lowest BCUT2D eigenvalue weighted by Gasteiger charge is -2.37. The lowest BCUT2D eigenvalue weighted by Crippen LogP contribution is -2.48. The number of hydrogen-bond acceptors (Lipinski definition) is 5. The average Bonchev–Trinajstić information content (AvgIpc) is 3.58. The molecular formula is C26H33F2N7O2. The SMILES string of the molecule is CNC(=O)N1CCC(N[C@H]2CCOC2)=C(C(=N)N2CCCc3cc(-c4cnn(C)c4)c(C(F)F)cc32)C1. The van der Waals surface area contributed by atoms with Gasteiger partial charge in [0.2, 0.25) is 0 Å². The van der Waals surface area contributed by atoms with Crippen LogP contribution in [0.1, 0.15) is 36.8 Å². The summed E-state index contributed by atoms with van der Waals surface area (Å²) < 4.78 is 35.6. The van der Waals surface area contributed by atoms with E-state index in [1.54, 1.807) is 36.1 Å². The molecule has 3 aliphatic rings. The van der Waals surface area contributed by atoms with Gasteiger partial charge in [-0.2, -0.15) is 5.10 Å². The van der Waals surface area contributed by atoms with Crippen molar-refractivity contribution in [3.63, 3.8) is 0 Å². The second-order valence-corrected chi connectivity index (χ2v) is 9.76. The molecule has 3 aliphatic heterocycles. The van der Waals surface area contributed by atoms with Crippen molar-refractivity contribution >= 4 is 17.6 Å². The van der Waals surface area contributed by atoms with Gasteiger partial charge < -0.3 is 25.2 Å². The number of ether oxygens (including phenoxy) is 1. The molecule has 0 aliphatic carbocycles. The number of nitrogens with one attached hydrogen (secondary N) is 3. The van der Waals surface area contributed by atoms with Gasteiger partial charge in [-0.25, -0.2) is 13.6 Å². The number of amides is 2. The van der Waals surface area contributed by atoms with E-state index in [2.05, 4.69) is 15.7 Å². The molecule has 0 saturated carbocycles. The first-order chi connectivity index (χ1) is 17.9. The second-order valence-electron chi connectivity index (χ2n) is 9.76. The summed E-state index contributed by atoms with van der Waals surface area (Å²) in [7, 11) is 3.35. The van der Waals surface area contributed by atoms with Crippen molar-refractivity contribution in [1.82, 2.24) is 25.3 Å². The number of halogens is 2. The minimum absolute atomic E-state index is 0.0717. The molecule has 3 N–H and O–H groups in total. The summed E-state index contributed by atoms with van der Waals surface area (Å²) in [6.07, 6.45) is 3.67. The van der Waals surface area contributed by atoms with E-state index in [0.717, 1.165) is 30.5 Å². The van der Waals surface area contributed by atoms with Crippen LogP contribution in [0.3, 0.4) is 0 Å². The average molecular weight is 514 g/mol. The lowest BCUT2D eigenvalue weighted by molar-refractivity contribution is 0.152. The number of hydrogen-bond donors (Lipinski definition) is 3. The number of amidine groups is 1. The largest absolute Gasteiger partial charge is 0.383 e. The van der Waals surface area contributed by atoms with E-state index in [1.165, 1.54) is 6.07 Å². The van der Waals surface area contributed by atoms with Gasteiger partial charge in [0.05, 0.1) is 25.4 Å². The van der Waals surface area contributed by atoms with Gasteiger partial charge in [0.25, 0.3) is 6.43 Å². The molecule has 5 rings (SSSR count). The van der Waals surface area contributed by atoms with Gasteiger partial charge in [0.15, 0.2) is 0 Å². The number of carbonyl (C=O) groups excluding carboxylic acids is 1. The Morgan fingerprint density at radius 2 is 2.11 bits per heavy atom. The molecule has 2 aromatic rings. The summed E-state index contributed by atoms with van der Waals surface area (Å²) in [4.78, 5) is 15.9. The van der Waals surface area contributed by atoms with Crippen LogP contribution in [0, 0.1) is 5.41 Å². The summed E-state index contributed by atoms with van der Waals surface area (Å²) in [5.74, 6) is 0.241. The van der Waals surface area contributed by atoms with Crippen LogP contribution in [0.25, 0.3) is 11.1 Å². The predicted molar refractivity (Wildman–Crippen MR) is 137 cm³/mol. The Balaban J connectivity index is 1.52. The molecule has 1 atom stereocenters. The quantitative estimate of drug-likeness (QED) is 0.420. The Labute approximate surface area is 215 Å². The number of benzene rings is 1. The van der Waals surface area contributed by atoms with Crippen molar-refractivity contribution < 1.29 is 18.3 Å². The monoisotopic (exact) mass is 513 g/mol. The van der Waals surface area contributed by atoms with Crippen molar-refractivity contribution in [1.29, 1.82) is 5.41 Å². The predicted octanol–water partition coefficient (Wildman–Crippen LogP) is 3.43. The van der Waals surface area contributed by atoms with Gasteiger partial charge in [0, 0.05) is 74.5 Å². The Morgan fingerprint density at radius 3 is 2.78 bits per heavy atom. The number of alkyl halides is 2. The number of urea groups is 1. The minimum Gasteiger partial charge on any atom is -0.383 e. The standard InChI is InChI=1S/C26H33F2N7O2/c1-30-26(36)34-8-5-22(32-18-6-9-37-15-18)21(14-34)25(29)35-7-3-4-16-10-19(17-12-31-33(2)13-17)20(24(27)28)11-23(16)35/h10-13,18,24,29,32H,3-9,14-15H2,1-2H3,(H,30,36)/t18-/m0/s1. The normalized spacial score (nSPS) is 19.9. The zero-order valence-corrected chi connectivity index (χ0v) is 21.2. The van der Waals surface area contributed by atoms with E-state index in [1.807, 2.05) is 11.0 Å². The lowest BCUT2D eigenvalue weighted by atomic mass is 9.92. The highest BCUT2D eigenvalue weighted by Crippen LogP contribution is 2.39. The van der Waals surface area contributed by atoms with Gasteiger partial charge >= 0.3 is 6.03 Å². The van der Waals surface area contributed by atoms with Crippen LogP contribution in [0.15, 0.2) is 35.8 Å². The van der Waals surface area contributed by atoms with Crippen LogP contribution < -0.4 is 15.5 Å². The fraction of sp³-hybridized carbons (Fsp3) is 0.500. The zero-order valence-electron chi connectivity index (χ0n) is 21.2. The van der Waals surface area contributed by atoms with Crippen LogP contribution in [0.4, 0.5) is 19.3 Å². The molecule has 4 heterocycles. The second kappa shape index (κ2) is 10.5. The van der Waals surface area contributed by atoms with Gasteiger partial charge in [0.1, 0.15) is 5.84 Å². The van der Waals surface area contributed by atoms with Crippen molar-refractivity contribution in [2.75, 3.05) is 44.8 Å². The van der Waals surface area contributed by atoms with E-state index in [4.69, 9.17) is 4.74 Å². The zero-order chi connectivity index (χ0) is 26.1. The van der Waals surface area contributed by atoms with E-state index in [0.29, 0.717) is 55.1 Å². The molecule has 0 spiro atoms. The number of fused-ring (bicyclic) bond motifs is 1. The van der Waals surface area contributed by atoms with Gasteiger partial charge in [-0.3, -0.25) is 10.1 Å². The van der Waals surface area contributed by atoms with Crippen LogP contribution in [-0.2, 0) is 18.2 Å². The Hall–Kier alpha value is -3.47. The maximum Gasteiger partial charge on any atom is 0.317 e. The molecule has 1 fully saturated rings. The number of carbonyl (C=O) groups is 1. The maximum atomic E-state index is 14.3. The highest BCUT2D eigenvalue weighted by Gasteiger charge is 2.32. The number of aryl methyl sites for hydroxylation is 2. The van der Waals surface area contributed by atoms with Crippen molar-refractivity contribution in [2.24, 2.45) is 7.05 Å². The highest BCUT2D eigenvalue weighted by molar-refractivity contribution is 6.09. The minimum atomic E-state index is -2.67. The number of rotatable bonds is 5. The Kier molecular flexibility index (Phi) is 7.14. The van der Waals surface area contributed by atoms with E-state index in [9.17, 15) is 19.0 Å². The first-order valence-electron chi connectivity index (χ1n) is 12.7. The highest BCUT2D eigenvalue weighted by atomic mass is 19.3. The summed E-state index contributed by atoms with van der Waals surface area (Å²) in [6.45, 7) is 2.65. The van der Waals surface area contributed by atoms with Gasteiger partial charge in [-0.05, 0) is 42.5 Å². The Bertz CT molecular complexity index is 1220. The van der Waals surface area contributed by atoms with Crippen molar-refractivity contribution in [3.8, 4) is 11.1 Å². The molecule has 0 unspecified atom stereocenters. The molecule has 198 valence electrons. The number of anilines is 1. The fourth-order valence-electron chi connectivity index (χ4n) is 5.40. The van der Waals surface area contributed by atoms with E-state index >= 15 is 0 Å². The summed E-state index contributed by atoms with van der Waals surface area (Å²) in [5, 5.41) is 19.6. The van der Waals surface area contributed by atoms with E-state index in [-0.39, 0.29) is 30.0 Å². The molecule has 2 amide bonds. The molecule has 1 saturated heterocycles. The smallest absolute Gasteiger partial charge is 0.317 e. The summed E-state index contributed by atoms with van der Waals surface area (Å²) >= 11 is 0. The van der Waals surface area contributed by atoms with Crippen molar-refractivity contribution in [3.05, 3.63) is 46.9 Å². The summed E-state index contributed by atoms with van der Waals surface area (Å²) in [5.41, 5.74) is 4.25. The summed E-state index contributed by atoms with van der Waals surface area (Å²) in [6, 6.07) is 3.32. The molecular weight excluding hydrogens is 480 g/mol. The van der Waals surface area contributed by atoms with Crippen LogP contribution in [-0.4, -0.2) is 72.5 Å². The van der Waals surface area contributed by atoms with E-state index < -0.39 is 6.43 Å². The first kappa shape index (κ1) is 25.2. The number of nitrogens with zero attached hydrogens (tertiary/aromatic N) is 4. The van der Waals surface area contributed by atoms with Crippen molar-refractivity contribution in [2.45, 2.75) is 38.2 Å². The molecule has 0 radical (unpaired) electrons. The molecule has 37 heavy (non-hydrogen) atoms. The Morgan fingerprint density at radius 1 is 1.27 bits per heavy atom. The van der Waals surface area contributed by atoms with Gasteiger partial charge in [-0.1, -0.05) is 0 Å². The third-order valence-corrected chi connectivity index (χ3v) is 7.33. The third-order valence-electron chi connectivity index (χ3n) is 7.33. The molecule has 9 nitrogen and oxygen atoms in total. The first-order valence-corrected chi connectivity index (χ1v) is 12.7. The maximum absolute atomic E-state index is 14.3. The van der Waals surface area contributed by atoms with Crippen LogP contribution in [0.2, 0.25) is 0 Å². The topological polar surface area (TPSA) is 98.5 Å². The molecule has 0 bridgehead atoms.